The Morgan fingerprint density at radius 1 is 0.886 bits per heavy atom. The Hall–Kier alpha value is -2.40. The molecule has 0 spiro atoms. The first-order chi connectivity index (χ1) is 20.5. The highest BCUT2D eigenvalue weighted by atomic mass is 16.5. The molecule has 5 nitrogen and oxygen atoms in total. The van der Waals surface area contributed by atoms with Gasteiger partial charge in [-0.05, 0) is 102 Å². The standard InChI is InChI=1S/C39H54O5/c1-34(2)23-27-26-14-15-29-36(5)19-18-30(40)35(3,4)28(36)17-20-38(29,7)37(26,6)21-22-39(27,33(42)43)24-31(34)44-32(41)16-13-25-11-9-8-10-12-25/h8-14,16,27-31,40H,15,17-24H2,1-7H3,(H,42,43)/b16-13+/t27-,28+,29+,30-,31+,36-,37+,38+,39+/m0/s1. The zero-order chi connectivity index (χ0) is 31.9. The van der Waals surface area contributed by atoms with Crippen molar-refractivity contribution >= 4 is 18.0 Å². The smallest absolute Gasteiger partial charge is 0.331 e. The van der Waals surface area contributed by atoms with Crippen LogP contribution in [0.5, 0.6) is 0 Å². The Balaban J connectivity index is 1.31. The largest absolute Gasteiger partial charge is 0.481 e. The number of carbonyl (C=O) groups excluding carboxylic acids is 1. The van der Waals surface area contributed by atoms with E-state index in [0.717, 1.165) is 44.1 Å². The van der Waals surface area contributed by atoms with Gasteiger partial charge >= 0.3 is 11.9 Å². The number of fused-ring (bicyclic) bond motifs is 7. The molecular formula is C39H54O5. The van der Waals surface area contributed by atoms with Gasteiger partial charge < -0.3 is 14.9 Å². The second-order valence-corrected chi connectivity index (χ2v) is 17.3. The molecule has 9 atom stereocenters. The number of carboxylic acid groups (broad SMARTS) is 1. The number of carbonyl (C=O) groups is 2. The van der Waals surface area contributed by atoms with Gasteiger partial charge in [-0.25, -0.2) is 4.79 Å². The summed E-state index contributed by atoms with van der Waals surface area (Å²) in [7, 11) is 0. The summed E-state index contributed by atoms with van der Waals surface area (Å²) in [5.41, 5.74) is 1.05. The first kappa shape index (κ1) is 31.6. The van der Waals surface area contributed by atoms with Crippen LogP contribution in [-0.2, 0) is 14.3 Å². The average Bonchev–Trinajstić information content (AvgIpc) is 2.95. The summed E-state index contributed by atoms with van der Waals surface area (Å²) < 4.78 is 6.09. The summed E-state index contributed by atoms with van der Waals surface area (Å²) >= 11 is 0. The molecule has 0 bridgehead atoms. The van der Waals surface area contributed by atoms with Gasteiger partial charge in [0.15, 0.2) is 0 Å². The molecule has 5 heteroatoms. The Morgan fingerprint density at radius 2 is 1.59 bits per heavy atom. The Morgan fingerprint density at radius 3 is 2.27 bits per heavy atom. The van der Waals surface area contributed by atoms with E-state index in [4.69, 9.17) is 4.74 Å². The molecule has 6 rings (SSSR count). The van der Waals surface area contributed by atoms with Crippen LogP contribution in [0.15, 0.2) is 48.1 Å². The minimum atomic E-state index is -0.934. The quantitative estimate of drug-likeness (QED) is 0.205. The maximum atomic E-state index is 13.3. The zero-order valence-electron chi connectivity index (χ0n) is 28.0. The lowest BCUT2D eigenvalue weighted by atomic mass is 9.33. The third-order valence-electron chi connectivity index (χ3n) is 14.7. The fraction of sp³-hybridized carbons (Fsp3) is 0.692. The average molecular weight is 603 g/mol. The monoisotopic (exact) mass is 602 g/mol. The Kier molecular flexibility index (Phi) is 7.40. The maximum Gasteiger partial charge on any atom is 0.331 e. The molecule has 0 aliphatic heterocycles. The normalized spacial score (nSPS) is 43.9. The molecule has 0 heterocycles. The van der Waals surface area contributed by atoms with Gasteiger partial charge in [-0.3, -0.25) is 4.79 Å². The summed E-state index contributed by atoms with van der Waals surface area (Å²) in [5.74, 6) is -0.237. The van der Waals surface area contributed by atoms with Gasteiger partial charge in [0.25, 0.3) is 0 Å². The fourth-order valence-electron chi connectivity index (χ4n) is 11.7. The predicted molar refractivity (Wildman–Crippen MR) is 173 cm³/mol. The summed E-state index contributed by atoms with van der Waals surface area (Å²) in [6.07, 6.45) is 12.6. The van der Waals surface area contributed by atoms with Gasteiger partial charge in [0.2, 0.25) is 0 Å². The van der Waals surface area contributed by atoms with Crippen molar-refractivity contribution in [2.45, 2.75) is 118 Å². The van der Waals surface area contributed by atoms with Crippen molar-refractivity contribution in [3.8, 4) is 0 Å². The molecule has 5 aliphatic rings. The van der Waals surface area contributed by atoms with E-state index in [9.17, 15) is 19.8 Å². The molecular weight excluding hydrogens is 548 g/mol. The van der Waals surface area contributed by atoms with E-state index < -0.39 is 23.5 Å². The first-order valence-corrected chi connectivity index (χ1v) is 17.1. The summed E-state index contributed by atoms with van der Waals surface area (Å²) in [6, 6.07) is 9.67. The highest BCUT2D eigenvalue weighted by Crippen LogP contribution is 2.75. The number of esters is 1. The van der Waals surface area contributed by atoms with E-state index in [1.54, 1.807) is 6.08 Å². The van der Waals surface area contributed by atoms with Crippen LogP contribution in [0.3, 0.4) is 0 Å². The molecule has 0 radical (unpaired) electrons. The summed E-state index contributed by atoms with van der Waals surface area (Å²) in [6.45, 7) is 16.3. The van der Waals surface area contributed by atoms with E-state index in [0.29, 0.717) is 31.1 Å². The molecule has 0 unspecified atom stereocenters. The Bertz CT molecular complexity index is 1370. The second-order valence-electron chi connectivity index (χ2n) is 17.3. The van der Waals surface area contributed by atoms with Crippen LogP contribution >= 0.6 is 0 Å². The minimum absolute atomic E-state index is 0.0705. The maximum absolute atomic E-state index is 13.3. The molecule has 0 aromatic heterocycles. The predicted octanol–water partition coefficient (Wildman–Crippen LogP) is 8.47. The molecule has 1 aromatic rings. The molecule has 2 N–H and O–H groups in total. The van der Waals surface area contributed by atoms with Crippen molar-refractivity contribution in [3.05, 3.63) is 53.6 Å². The second kappa shape index (κ2) is 10.3. The van der Waals surface area contributed by atoms with Crippen molar-refractivity contribution in [2.75, 3.05) is 0 Å². The summed E-state index contributed by atoms with van der Waals surface area (Å²) in [4.78, 5) is 26.4. The molecule has 5 aliphatic carbocycles. The van der Waals surface area contributed by atoms with Crippen LogP contribution < -0.4 is 0 Å². The van der Waals surface area contributed by atoms with Crippen molar-refractivity contribution in [3.63, 3.8) is 0 Å². The van der Waals surface area contributed by atoms with Crippen LogP contribution in [-0.4, -0.2) is 34.4 Å². The number of allylic oxidation sites excluding steroid dienone is 2. The van der Waals surface area contributed by atoms with Crippen molar-refractivity contribution < 1.29 is 24.5 Å². The molecule has 240 valence electrons. The van der Waals surface area contributed by atoms with Gasteiger partial charge in [0, 0.05) is 17.9 Å². The van der Waals surface area contributed by atoms with E-state index in [1.165, 1.54) is 11.6 Å². The van der Waals surface area contributed by atoms with E-state index in [2.05, 4.69) is 54.5 Å². The van der Waals surface area contributed by atoms with Gasteiger partial charge in [-0.1, -0.05) is 90.4 Å². The van der Waals surface area contributed by atoms with Crippen molar-refractivity contribution in [1.29, 1.82) is 0 Å². The lowest BCUT2D eigenvalue weighted by Crippen LogP contribution is -2.65. The van der Waals surface area contributed by atoms with Gasteiger partial charge in [-0.2, -0.15) is 0 Å². The molecule has 0 amide bonds. The number of aliphatic hydroxyl groups is 1. The van der Waals surface area contributed by atoms with E-state index in [1.807, 2.05) is 30.3 Å². The van der Waals surface area contributed by atoms with Crippen LogP contribution in [0.25, 0.3) is 6.08 Å². The highest BCUT2D eigenvalue weighted by Gasteiger charge is 2.70. The van der Waals surface area contributed by atoms with E-state index in [-0.39, 0.29) is 39.1 Å². The van der Waals surface area contributed by atoms with Crippen molar-refractivity contribution in [2.24, 2.45) is 50.2 Å². The number of benzene rings is 1. The lowest BCUT2D eigenvalue weighted by molar-refractivity contribution is -0.210. The summed E-state index contributed by atoms with van der Waals surface area (Å²) in [5, 5.41) is 21.9. The van der Waals surface area contributed by atoms with Gasteiger partial charge in [-0.15, -0.1) is 0 Å². The first-order valence-electron chi connectivity index (χ1n) is 17.1. The molecule has 1 aromatic carbocycles. The van der Waals surface area contributed by atoms with Gasteiger partial charge in [0.1, 0.15) is 6.10 Å². The fourth-order valence-corrected chi connectivity index (χ4v) is 11.7. The number of hydrogen-bond donors (Lipinski definition) is 2. The Labute approximate surface area is 264 Å². The number of ether oxygens (including phenoxy) is 1. The molecule has 0 saturated heterocycles. The van der Waals surface area contributed by atoms with Crippen LogP contribution in [0.1, 0.15) is 112 Å². The third kappa shape index (κ3) is 4.42. The topological polar surface area (TPSA) is 83.8 Å². The number of rotatable bonds is 4. The number of carboxylic acids is 1. The SMILES string of the molecule is CC1(C)C[C@H]2C3=CC[C@@H]4[C@@]5(C)CC[C@H](O)C(C)(C)[C@H]5CC[C@@]4(C)[C@]3(C)CC[C@@]2(C(=O)O)C[C@H]1OC(=O)/C=C/c1ccccc1. The molecule has 4 fully saturated rings. The zero-order valence-corrected chi connectivity index (χ0v) is 28.0. The number of aliphatic carboxylic acids is 1. The number of aliphatic hydroxyl groups excluding tert-OH is 1. The molecule has 44 heavy (non-hydrogen) atoms. The minimum Gasteiger partial charge on any atom is -0.481 e. The van der Waals surface area contributed by atoms with Crippen LogP contribution in [0.4, 0.5) is 0 Å². The van der Waals surface area contributed by atoms with Gasteiger partial charge in [0.05, 0.1) is 11.5 Å². The van der Waals surface area contributed by atoms with Crippen molar-refractivity contribution in [1.82, 2.24) is 0 Å². The van der Waals surface area contributed by atoms with Crippen LogP contribution in [0.2, 0.25) is 0 Å². The molecule has 4 saturated carbocycles. The van der Waals surface area contributed by atoms with Crippen LogP contribution in [0, 0.1) is 50.2 Å². The number of hydrogen-bond acceptors (Lipinski definition) is 4. The third-order valence-corrected chi connectivity index (χ3v) is 14.7. The lowest BCUT2D eigenvalue weighted by Gasteiger charge is -2.71. The highest BCUT2D eigenvalue weighted by molar-refractivity contribution is 5.87. The van der Waals surface area contributed by atoms with E-state index >= 15 is 0 Å².